The fourth-order valence-corrected chi connectivity index (χ4v) is 9.44. The first-order valence-electron chi connectivity index (χ1n) is 10.7. The van der Waals surface area contributed by atoms with E-state index in [1.54, 1.807) is 6.07 Å². The van der Waals surface area contributed by atoms with Crippen LogP contribution in [-0.4, -0.2) is 59.1 Å². The van der Waals surface area contributed by atoms with Crippen LogP contribution < -0.4 is 4.72 Å². The number of nitrogens with zero attached hydrogens (tertiary/aromatic N) is 1. The zero-order valence-corrected chi connectivity index (χ0v) is 22.1. The summed E-state index contributed by atoms with van der Waals surface area (Å²) in [6.45, 7) is -0.347. The molecule has 1 atom stereocenters. The molecule has 1 aromatic heterocycles. The van der Waals surface area contributed by atoms with Crippen LogP contribution in [0.2, 0.25) is 0 Å². The molecule has 2 aromatic carbocycles. The molecule has 1 aliphatic heterocycles. The normalized spacial score (nSPS) is 15.9. The molecule has 196 valence electrons. The van der Waals surface area contributed by atoms with E-state index in [2.05, 4.69) is 0 Å². The number of carboxylic acid groups (broad SMARTS) is 1. The van der Waals surface area contributed by atoms with E-state index in [0.717, 1.165) is 11.4 Å². The lowest BCUT2D eigenvalue weighted by atomic mass is 10.1. The molecule has 2 N–H and O–H groups in total. The molecule has 0 radical (unpaired) electrons. The summed E-state index contributed by atoms with van der Waals surface area (Å²) < 4.78 is 78.7. The van der Waals surface area contributed by atoms with Crippen LogP contribution in [0.1, 0.15) is 23.2 Å². The lowest BCUT2D eigenvalue weighted by molar-refractivity contribution is -0.139. The number of nitrogens with one attached hydrogen (secondary N) is 1. The first-order chi connectivity index (χ1) is 17.4. The minimum Gasteiger partial charge on any atom is -0.480 e. The van der Waals surface area contributed by atoms with Crippen molar-refractivity contribution in [2.75, 3.05) is 6.54 Å². The maximum Gasteiger partial charge on any atom is 0.321 e. The highest BCUT2D eigenvalue weighted by Crippen LogP contribution is 2.31. The Bertz CT molecular complexity index is 1680. The first-order valence-corrected chi connectivity index (χ1v) is 15.9. The van der Waals surface area contributed by atoms with E-state index >= 15 is 0 Å². The maximum atomic E-state index is 12.8. The summed E-state index contributed by atoms with van der Waals surface area (Å²) in [5.41, 5.74) is 0.0111. The molecule has 0 saturated heterocycles. The van der Waals surface area contributed by atoms with Crippen LogP contribution in [0.4, 0.5) is 0 Å². The molecular formula is C22H20N2O9S4. The summed E-state index contributed by atoms with van der Waals surface area (Å²) in [5.74, 6) is -2.26. The molecule has 0 fully saturated rings. The average Bonchev–Trinajstić information content (AvgIpc) is 3.44. The number of carbonyl (C=O) groups excluding carboxylic acids is 1. The second-order valence-corrected chi connectivity index (χ2v) is 14.6. The summed E-state index contributed by atoms with van der Waals surface area (Å²) in [5, 5.41) is 10.7. The predicted octanol–water partition coefficient (Wildman–Crippen LogP) is 1.94. The first kappa shape index (κ1) is 26.9. The third-order valence-electron chi connectivity index (χ3n) is 5.54. The molecule has 4 rings (SSSR count). The molecule has 0 saturated carbocycles. The molecule has 1 aliphatic rings. The van der Waals surface area contributed by atoms with E-state index in [-0.39, 0.29) is 39.6 Å². The third-order valence-corrected chi connectivity index (χ3v) is 12.2. The monoisotopic (exact) mass is 584 g/mol. The molecule has 0 spiro atoms. The molecule has 15 heteroatoms. The van der Waals surface area contributed by atoms with Gasteiger partial charge in [0.1, 0.15) is 15.1 Å². The minimum atomic E-state index is -4.43. The van der Waals surface area contributed by atoms with Gasteiger partial charge in [0, 0.05) is 11.9 Å². The molecular weight excluding hydrogens is 565 g/mol. The van der Waals surface area contributed by atoms with Crippen LogP contribution in [0.15, 0.2) is 84.9 Å². The van der Waals surface area contributed by atoms with Gasteiger partial charge in [0.25, 0.3) is 26.0 Å². The van der Waals surface area contributed by atoms with Gasteiger partial charge in [-0.05, 0) is 43.2 Å². The van der Waals surface area contributed by atoms with Crippen LogP contribution >= 0.6 is 11.3 Å². The Morgan fingerprint density at radius 2 is 1.65 bits per heavy atom. The van der Waals surface area contributed by atoms with Crippen LogP contribution in [0.25, 0.3) is 0 Å². The topological polar surface area (TPSA) is 172 Å². The number of benzene rings is 2. The van der Waals surface area contributed by atoms with Crippen LogP contribution in [0.5, 0.6) is 0 Å². The van der Waals surface area contributed by atoms with E-state index in [9.17, 15) is 39.9 Å². The molecule has 0 bridgehead atoms. The molecule has 3 aromatic rings. The van der Waals surface area contributed by atoms with Gasteiger partial charge in [-0.2, -0.15) is 4.72 Å². The van der Waals surface area contributed by atoms with Crippen LogP contribution in [0.3, 0.4) is 0 Å². The quantitative estimate of drug-likeness (QED) is 0.361. The number of hydrogen-bond acceptors (Lipinski definition) is 9. The number of amides is 1. The van der Waals surface area contributed by atoms with Crippen molar-refractivity contribution >= 4 is 53.1 Å². The summed E-state index contributed by atoms with van der Waals surface area (Å²) in [6.07, 6.45) is -0.471. The van der Waals surface area contributed by atoms with Crippen molar-refractivity contribution in [2.24, 2.45) is 0 Å². The number of sulfonamides is 2. The van der Waals surface area contributed by atoms with Crippen LogP contribution in [-0.2, 0) is 34.7 Å². The van der Waals surface area contributed by atoms with E-state index in [1.165, 1.54) is 48.5 Å². The summed E-state index contributed by atoms with van der Waals surface area (Å²) >= 11 is 0.614. The van der Waals surface area contributed by atoms with Gasteiger partial charge >= 0.3 is 5.97 Å². The van der Waals surface area contributed by atoms with E-state index in [1.807, 2.05) is 4.72 Å². The lowest BCUT2D eigenvalue weighted by Gasteiger charge is -2.17. The van der Waals surface area contributed by atoms with Gasteiger partial charge in [0.2, 0.25) is 9.84 Å². The third kappa shape index (κ3) is 5.17. The molecule has 11 nitrogen and oxygen atoms in total. The van der Waals surface area contributed by atoms with Crippen LogP contribution in [0, 0.1) is 0 Å². The predicted molar refractivity (Wildman–Crippen MR) is 132 cm³/mol. The van der Waals surface area contributed by atoms with Crippen molar-refractivity contribution in [3.8, 4) is 0 Å². The number of thiophene rings is 1. The maximum absolute atomic E-state index is 12.8. The van der Waals surface area contributed by atoms with Gasteiger partial charge in [-0.1, -0.05) is 30.3 Å². The standard InChI is InChI=1S/C22H20N2O9S4/c25-21-17-9-4-5-11-19(17)37(32,33)24(21)12-6-10-18(22(26)27)23-36(30,31)20-13-16(14-34-20)35(28,29)15-7-2-1-3-8-15/h1-5,7-9,11,13-14,18,23H,6,10,12H2,(H,26,27)/t18-/m1/s1. The summed E-state index contributed by atoms with van der Waals surface area (Å²) in [6, 6.07) is 12.4. The number of rotatable bonds is 10. The Morgan fingerprint density at radius 3 is 2.30 bits per heavy atom. The number of aliphatic carboxylic acids is 1. The number of hydrogen-bond donors (Lipinski definition) is 2. The largest absolute Gasteiger partial charge is 0.480 e. The Balaban J connectivity index is 1.46. The van der Waals surface area contributed by atoms with Gasteiger partial charge in [0.05, 0.1) is 15.4 Å². The highest BCUT2D eigenvalue weighted by Gasteiger charge is 2.40. The highest BCUT2D eigenvalue weighted by molar-refractivity contribution is 7.93. The fourth-order valence-electron chi connectivity index (χ4n) is 3.69. The van der Waals surface area contributed by atoms with E-state index in [0.29, 0.717) is 15.6 Å². The zero-order valence-electron chi connectivity index (χ0n) is 18.8. The number of carboxylic acids is 1. The van der Waals surface area contributed by atoms with Crippen molar-refractivity contribution in [3.63, 3.8) is 0 Å². The molecule has 1 amide bonds. The molecule has 2 heterocycles. The van der Waals surface area contributed by atoms with Crippen molar-refractivity contribution in [3.05, 3.63) is 71.6 Å². The SMILES string of the molecule is O=C(O)[C@@H](CCCN1C(=O)c2ccccc2S1(=O)=O)NS(=O)(=O)c1cc(S(=O)(=O)c2ccccc2)cs1. The lowest BCUT2D eigenvalue weighted by Crippen LogP contribution is -2.41. The highest BCUT2D eigenvalue weighted by atomic mass is 32.2. The smallest absolute Gasteiger partial charge is 0.321 e. The molecule has 37 heavy (non-hydrogen) atoms. The summed E-state index contributed by atoms with van der Waals surface area (Å²) in [4.78, 5) is 23.8. The van der Waals surface area contributed by atoms with Gasteiger partial charge in [-0.3, -0.25) is 9.59 Å². The van der Waals surface area contributed by atoms with Crippen molar-refractivity contribution in [2.45, 2.75) is 37.8 Å². The minimum absolute atomic E-state index is 0.0111. The van der Waals surface area contributed by atoms with Crippen molar-refractivity contribution in [1.82, 2.24) is 9.03 Å². The Hall–Kier alpha value is -3.11. The number of sulfone groups is 1. The van der Waals surface area contributed by atoms with Crippen molar-refractivity contribution < 1.29 is 39.9 Å². The zero-order chi connectivity index (χ0) is 27.0. The van der Waals surface area contributed by atoms with Gasteiger partial charge in [-0.15, -0.1) is 11.3 Å². The van der Waals surface area contributed by atoms with E-state index < -0.39 is 52.0 Å². The second-order valence-electron chi connectivity index (χ2n) is 7.95. The van der Waals surface area contributed by atoms with Crippen molar-refractivity contribution in [1.29, 1.82) is 0 Å². The Morgan fingerprint density at radius 1 is 1.00 bits per heavy atom. The van der Waals surface area contributed by atoms with Gasteiger partial charge < -0.3 is 5.11 Å². The number of fused-ring (bicyclic) bond motifs is 1. The Kier molecular flexibility index (Phi) is 7.27. The second kappa shape index (κ2) is 9.98. The fraction of sp³-hybridized carbons (Fsp3) is 0.182. The average molecular weight is 585 g/mol. The molecule has 0 aliphatic carbocycles. The summed E-state index contributed by atoms with van der Waals surface area (Å²) in [7, 11) is -12.5. The molecule has 0 unspecified atom stereocenters. The van der Waals surface area contributed by atoms with Gasteiger partial charge in [-0.25, -0.2) is 29.6 Å². The van der Waals surface area contributed by atoms with E-state index in [4.69, 9.17) is 0 Å². The number of carbonyl (C=O) groups is 2. The Labute approximate surface area is 217 Å². The van der Waals surface area contributed by atoms with Gasteiger partial charge in [0.15, 0.2) is 0 Å².